The first-order chi connectivity index (χ1) is 9.97. The maximum absolute atomic E-state index is 11.9. The molecule has 1 saturated heterocycles. The molecule has 3 atom stereocenters. The van der Waals surface area contributed by atoms with E-state index in [9.17, 15) is 14.4 Å². The first-order valence-corrected chi connectivity index (χ1v) is 7.10. The average molecular weight is 300 g/mol. The molecule has 2 amide bonds. The van der Waals surface area contributed by atoms with Crippen LogP contribution in [-0.2, 0) is 14.3 Å². The van der Waals surface area contributed by atoms with Crippen molar-refractivity contribution >= 4 is 18.0 Å². The highest BCUT2D eigenvalue weighted by Crippen LogP contribution is 2.38. The van der Waals surface area contributed by atoms with Crippen LogP contribution in [0, 0.1) is 5.92 Å². The molecule has 0 bridgehead atoms. The van der Waals surface area contributed by atoms with E-state index in [0.29, 0.717) is 18.9 Å². The Morgan fingerprint density at radius 1 is 1.19 bits per heavy atom. The number of rotatable bonds is 7. The molecule has 8 nitrogen and oxygen atoms in total. The quantitative estimate of drug-likeness (QED) is 0.531. The summed E-state index contributed by atoms with van der Waals surface area (Å²) in [7, 11) is 0. The molecule has 2 rings (SSSR count). The first-order valence-electron chi connectivity index (χ1n) is 7.10. The molecular formula is C13H20N2O6. The van der Waals surface area contributed by atoms with Crippen LogP contribution in [0.1, 0.15) is 32.1 Å². The second-order valence-electron chi connectivity index (χ2n) is 5.51. The number of carboxylic acid groups (broad SMARTS) is 2. The highest BCUT2D eigenvalue weighted by Gasteiger charge is 2.41. The summed E-state index contributed by atoms with van der Waals surface area (Å²) in [5.74, 6) is -1.85. The van der Waals surface area contributed by atoms with E-state index < -0.39 is 24.0 Å². The number of aliphatic carboxylic acids is 2. The van der Waals surface area contributed by atoms with Gasteiger partial charge in [0, 0.05) is 13.0 Å². The molecule has 3 unspecified atom stereocenters. The van der Waals surface area contributed by atoms with Gasteiger partial charge in [-0.05, 0) is 31.6 Å². The molecule has 118 valence electrons. The molecule has 0 aromatic heterocycles. The first kappa shape index (κ1) is 15.6. The van der Waals surface area contributed by atoms with Gasteiger partial charge in [-0.25, -0.2) is 9.59 Å². The number of carboxylic acids is 2. The molecule has 8 heteroatoms. The Balaban J connectivity index is 1.80. The molecule has 21 heavy (non-hydrogen) atoms. The van der Waals surface area contributed by atoms with Gasteiger partial charge >= 0.3 is 18.0 Å². The lowest BCUT2D eigenvalue weighted by molar-refractivity contribution is -0.140. The third-order valence-corrected chi connectivity index (χ3v) is 3.79. The van der Waals surface area contributed by atoms with Gasteiger partial charge in [-0.15, -0.1) is 0 Å². The molecule has 2 aliphatic rings. The van der Waals surface area contributed by atoms with E-state index in [2.05, 4.69) is 10.6 Å². The highest BCUT2D eigenvalue weighted by molar-refractivity contribution is 5.83. The maximum Gasteiger partial charge on any atom is 0.326 e. The summed E-state index contributed by atoms with van der Waals surface area (Å²) in [5, 5.41) is 22.6. The number of urea groups is 1. The molecule has 2 fully saturated rings. The van der Waals surface area contributed by atoms with Crippen molar-refractivity contribution in [2.45, 2.75) is 50.3 Å². The summed E-state index contributed by atoms with van der Waals surface area (Å²) in [6.07, 6.45) is 2.46. The minimum absolute atomic E-state index is 0.0121. The number of carbonyl (C=O) groups is 3. The van der Waals surface area contributed by atoms with E-state index in [1.807, 2.05) is 0 Å². The number of hydrogen-bond donors (Lipinski definition) is 4. The molecule has 0 spiro atoms. The Morgan fingerprint density at radius 2 is 1.90 bits per heavy atom. The molecule has 0 aromatic carbocycles. The lowest BCUT2D eigenvalue weighted by atomic mass is 10.1. The Bertz CT molecular complexity index is 423. The van der Waals surface area contributed by atoms with Crippen molar-refractivity contribution in [2.75, 3.05) is 6.61 Å². The van der Waals surface area contributed by atoms with Gasteiger partial charge in [0.15, 0.2) is 0 Å². The van der Waals surface area contributed by atoms with E-state index in [-0.39, 0.29) is 25.0 Å². The Morgan fingerprint density at radius 3 is 2.48 bits per heavy atom. The van der Waals surface area contributed by atoms with Crippen molar-refractivity contribution in [1.82, 2.24) is 10.6 Å². The van der Waals surface area contributed by atoms with Crippen LogP contribution in [-0.4, -0.2) is 53.0 Å². The van der Waals surface area contributed by atoms with Gasteiger partial charge in [-0.1, -0.05) is 0 Å². The van der Waals surface area contributed by atoms with Crippen molar-refractivity contribution in [2.24, 2.45) is 5.92 Å². The molecule has 1 aliphatic carbocycles. The van der Waals surface area contributed by atoms with Crippen LogP contribution in [0.2, 0.25) is 0 Å². The summed E-state index contributed by atoms with van der Waals surface area (Å²) in [5.41, 5.74) is 0. The zero-order chi connectivity index (χ0) is 15.4. The van der Waals surface area contributed by atoms with E-state index in [4.69, 9.17) is 14.9 Å². The summed E-state index contributed by atoms with van der Waals surface area (Å²) in [4.78, 5) is 33.3. The van der Waals surface area contributed by atoms with E-state index in [1.54, 1.807) is 0 Å². The molecule has 0 aromatic rings. The summed E-state index contributed by atoms with van der Waals surface area (Å²) in [6, 6.07) is -1.90. The smallest absolute Gasteiger partial charge is 0.326 e. The molecular weight excluding hydrogens is 280 g/mol. The minimum atomic E-state index is -1.24. The van der Waals surface area contributed by atoms with Crippen molar-refractivity contribution in [3.63, 3.8) is 0 Å². The van der Waals surface area contributed by atoms with Crippen LogP contribution in [0.3, 0.4) is 0 Å². The lowest BCUT2D eigenvalue weighted by Crippen LogP contribution is -2.51. The number of nitrogens with one attached hydrogen (secondary N) is 2. The van der Waals surface area contributed by atoms with Gasteiger partial charge in [-0.3, -0.25) is 4.79 Å². The fourth-order valence-electron chi connectivity index (χ4n) is 2.55. The van der Waals surface area contributed by atoms with E-state index in [1.165, 1.54) is 0 Å². The van der Waals surface area contributed by atoms with Crippen LogP contribution in [0.25, 0.3) is 0 Å². The predicted molar refractivity (Wildman–Crippen MR) is 70.8 cm³/mol. The van der Waals surface area contributed by atoms with Crippen LogP contribution in [0.15, 0.2) is 0 Å². The fraction of sp³-hybridized carbons (Fsp3) is 0.769. The Hall–Kier alpha value is -1.83. The van der Waals surface area contributed by atoms with Crippen LogP contribution in [0.5, 0.6) is 0 Å². The van der Waals surface area contributed by atoms with Crippen LogP contribution >= 0.6 is 0 Å². The summed E-state index contributed by atoms with van der Waals surface area (Å²) in [6.45, 7) is 0.591. The third-order valence-electron chi connectivity index (χ3n) is 3.79. The lowest BCUT2D eigenvalue weighted by Gasteiger charge is -2.21. The molecule has 4 N–H and O–H groups in total. The monoisotopic (exact) mass is 300 g/mol. The normalized spacial score (nSPS) is 26.1. The van der Waals surface area contributed by atoms with Crippen molar-refractivity contribution in [3.05, 3.63) is 0 Å². The SMILES string of the molecule is O=C(O)CCC(NC(=O)NC1CCOC1C1CC1)C(=O)O. The maximum atomic E-state index is 11.9. The summed E-state index contributed by atoms with van der Waals surface area (Å²) < 4.78 is 5.59. The second kappa shape index (κ2) is 6.75. The second-order valence-corrected chi connectivity index (χ2v) is 5.51. The highest BCUT2D eigenvalue weighted by atomic mass is 16.5. The van der Waals surface area contributed by atoms with Gasteiger partial charge in [-0.2, -0.15) is 0 Å². The fourth-order valence-corrected chi connectivity index (χ4v) is 2.55. The number of carbonyl (C=O) groups excluding carboxylic acids is 1. The van der Waals surface area contributed by atoms with Crippen molar-refractivity contribution < 1.29 is 29.3 Å². The van der Waals surface area contributed by atoms with Gasteiger partial charge in [0.1, 0.15) is 6.04 Å². The van der Waals surface area contributed by atoms with Gasteiger partial charge in [0.05, 0.1) is 12.1 Å². The molecule has 1 aliphatic heterocycles. The van der Waals surface area contributed by atoms with Gasteiger partial charge < -0.3 is 25.6 Å². The van der Waals surface area contributed by atoms with Crippen molar-refractivity contribution in [1.29, 1.82) is 0 Å². The number of hydrogen-bond acceptors (Lipinski definition) is 4. The molecule has 1 saturated carbocycles. The summed E-state index contributed by atoms with van der Waals surface area (Å²) >= 11 is 0. The largest absolute Gasteiger partial charge is 0.481 e. The zero-order valence-electron chi connectivity index (χ0n) is 11.6. The third kappa shape index (κ3) is 4.59. The average Bonchev–Trinajstić information content (AvgIpc) is 3.15. The topological polar surface area (TPSA) is 125 Å². The van der Waals surface area contributed by atoms with Gasteiger partial charge in [0.2, 0.25) is 0 Å². The standard InChI is InChI=1S/C13H20N2O6/c16-10(17)4-3-9(12(18)19)15-13(20)14-8-5-6-21-11(8)7-1-2-7/h7-9,11H,1-6H2,(H,16,17)(H,18,19)(H2,14,15,20). The van der Waals surface area contributed by atoms with E-state index in [0.717, 1.165) is 12.8 Å². The predicted octanol–water partition coefficient (Wildman–Crippen LogP) is 0.171. The Labute approximate surface area is 121 Å². The molecule has 1 heterocycles. The number of amides is 2. The van der Waals surface area contributed by atoms with Crippen molar-refractivity contribution in [3.8, 4) is 0 Å². The number of ether oxygens (including phenoxy) is 1. The zero-order valence-corrected chi connectivity index (χ0v) is 11.6. The Kier molecular flexibility index (Phi) is 5.00. The van der Waals surface area contributed by atoms with Crippen LogP contribution in [0.4, 0.5) is 4.79 Å². The van der Waals surface area contributed by atoms with Gasteiger partial charge in [0.25, 0.3) is 0 Å². The minimum Gasteiger partial charge on any atom is -0.481 e. The molecule has 0 radical (unpaired) electrons. The van der Waals surface area contributed by atoms with Crippen LogP contribution < -0.4 is 10.6 Å². The van der Waals surface area contributed by atoms with E-state index >= 15 is 0 Å².